The van der Waals surface area contributed by atoms with Gasteiger partial charge in [0, 0.05) is 12.2 Å². The van der Waals surface area contributed by atoms with Gasteiger partial charge in [-0.05, 0) is 78.8 Å². The molecule has 0 heterocycles. The van der Waals surface area contributed by atoms with E-state index in [2.05, 4.69) is 0 Å². The van der Waals surface area contributed by atoms with Crippen molar-refractivity contribution in [3.8, 4) is 16.9 Å². The highest BCUT2D eigenvalue weighted by atomic mass is 19.2. The molecule has 3 aromatic carbocycles. The first-order chi connectivity index (χ1) is 16.5. The largest absolute Gasteiger partial charge is 0.491 e. The average molecular weight is 467 g/mol. The number of hydrogen-bond acceptors (Lipinski definition) is 2. The normalized spacial score (nSPS) is 18.4. The Morgan fingerprint density at radius 1 is 0.853 bits per heavy atom. The van der Waals surface area contributed by atoms with Crippen molar-refractivity contribution >= 4 is 12.2 Å². The van der Waals surface area contributed by atoms with E-state index in [0.29, 0.717) is 12.2 Å². The number of ether oxygens (including phenoxy) is 1. The molecule has 0 amide bonds. The van der Waals surface area contributed by atoms with Crippen LogP contribution in [-0.2, 0) is 0 Å². The van der Waals surface area contributed by atoms with Gasteiger partial charge < -0.3 is 9.84 Å². The maximum absolute atomic E-state index is 14.8. The van der Waals surface area contributed by atoms with Crippen molar-refractivity contribution in [1.29, 1.82) is 0 Å². The predicted molar refractivity (Wildman–Crippen MR) is 130 cm³/mol. The maximum atomic E-state index is 14.8. The molecule has 0 bridgehead atoms. The molecule has 1 saturated carbocycles. The lowest BCUT2D eigenvalue weighted by Gasteiger charge is -2.28. The van der Waals surface area contributed by atoms with Crippen LogP contribution in [0.1, 0.15) is 55.2 Å². The molecule has 0 aromatic heterocycles. The van der Waals surface area contributed by atoms with Crippen molar-refractivity contribution < 1.29 is 23.0 Å². The third kappa shape index (κ3) is 5.36. The van der Waals surface area contributed by atoms with Crippen molar-refractivity contribution in [3.05, 3.63) is 88.7 Å². The summed E-state index contributed by atoms with van der Waals surface area (Å²) in [6.07, 6.45) is 6.50. The van der Waals surface area contributed by atoms with E-state index in [0.717, 1.165) is 42.4 Å². The maximum Gasteiger partial charge on any atom is 0.166 e. The lowest BCUT2D eigenvalue weighted by atomic mass is 9.78. The van der Waals surface area contributed by atoms with Crippen molar-refractivity contribution in [2.45, 2.75) is 38.5 Å². The SMILES string of the molecule is CCOc1ccc(-c2ccc(/C=C/c3ccc(C4CCC(CO)CC4)c(F)c3F)cc2)cc1F. The summed E-state index contributed by atoms with van der Waals surface area (Å²) < 4.78 is 49.0. The van der Waals surface area contributed by atoms with E-state index in [4.69, 9.17) is 4.74 Å². The van der Waals surface area contributed by atoms with Crippen LogP contribution in [0.2, 0.25) is 0 Å². The Morgan fingerprint density at radius 3 is 2.21 bits per heavy atom. The van der Waals surface area contributed by atoms with E-state index >= 15 is 0 Å². The highest BCUT2D eigenvalue weighted by molar-refractivity contribution is 5.72. The molecule has 0 radical (unpaired) electrons. The Labute approximate surface area is 198 Å². The molecule has 0 saturated heterocycles. The van der Waals surface area contributed by atoms with E-state index in [9.17, 15) is 18.3 Å². The fraction of sp³-hybridized carbons (Fsp3) is 0.310. The lowest BCUT2D eigenvalue weighted by Crippen LogP contribution is -2.17. The molecule has 2 nitrogen and oxygen atoms in total. The van der Waals surface area contributed by atoms with Gasteiger partial charge in [-0.1, -0.05) is 54.6 Å². The summed E-state index contributed by atoms with van der Waals surface area (Å²) in [4.78, 5) is 0. The smallest absolute Gasteiger partial charge is 0.166 e. The van der Waals surface area contributed by atoms with E-state index in [1.807, 2.05) is 24.3 Å². The van der Waals surface area contributed by atoms with Gasteiger partial charge in [-0.15, -0.1) is 0 Å². The first-order valence-electron chi connectivity index (χ1n) is 11.8. The quantitative estimate of drug-likeness (QED) is 0.363. The first kappa shape index (κ1) is 24.1. The van der Waals surface area contributed by atoms with E-state index < -0.39 is 17.5 Å². The number of halogens is 3. The van der Waals surface area contributed by atoms with Gasteiger partial charge in [-0.2, -0.15) is 0 Å². The van der Waals surface area contributed by atoms with Gasteiger partial charge in [0.15, 0.2) is 23.2 Å². The monoisotopic (exact) mass is 466 g/mol. The number of aliphatic hydroxyl groups is 1. The van der Waals surface area contributed by atoms with Crippen LogP contribution in [0, 0.1) is 23.4 Å². The van der Waals surface area contributed by atoms with E-state index in [1.165, 1.54) is 6.07 Å². The zero-order valence-corrected chi connectivity index (χ0v) is 19.2. The molecule has 34 heavy (non-hydrogen) atoms. The van der Waals surface area contributed by atoms with Crippen LogP contribution >= 0.6 is 0 Å². The second-order valence-electron chi connectivity index (χ2n) is 8.81. The van der Waals surface area contributed by atoms with Crippen LogP contribution in [0.4, 0.5) is 13.2 Å². The number of aliphatic hydroxyl groups excluding tert-OH is 1. The molecule has 178 valence electrons. The molecule has 1 aliphatic rings. The molecular formula is C29H29F3O2. The van der Waals surface area contributed by atoms with Gasteiger partial charge in [0.1, 0.15) is 0 Å². The summed E-state index contributed by atoms with van der Waals surface area (Å²) >= 11 is 0. The minimum atomic E-state index is -0.834. The predicted octanol–water partition coefficient (Wildman–Crippen LogP) is 7.61. The Bertz CT molecular complexity index is 1150. The number of hydrogen-bond donors (Lipinski definition) is 1. The molecule has 0 unspecified atom stereocenters. The van der Waals surface area contributed by atoms with Gasteiger partial charge in [-0.25, -0.2) is 13.2 Å². The highest BCUT2D eigenvalue weighted by Gasteiger charge is 2.25. The number of benzene rings is 3. The van der Waals surface area contributed by atoms with Crippen molar-refractivity contribution in [2.75, 3.05) is 13.2 Å². The summed E-state index contributed by atoms with van der Waals surface area (Å²) in [6.45, 7) is 2.36. The Balaban J connectivity index is 1.46. The summed E-state index contributed by atoms with van der Waals surface area (Å²) in [5.41, 5.74) is 3.02. The zero-order valence-electron chi connectivity index (χ0n) is 19.2. The third-order valence-corrected chi connectivity index (χ3v) is 6.62. The van der Waals surface area contributed by atoms with Gasteiger partial charge >= 0.3 is 0 Å². The van der Waals surface area contributed by atoms with Crippen LogP contribution in [0.15, 0.2) is 54.6 Å². The molecule has 1 fully saturated rings. The number of rotatable bonds is 7. The minimum absolute atomic E-state index is 0.00434. The van der Waals surface area contributed by atoms with Crippen molar-refractivity contribution in [2.24, 2.45) is 5.92 Å². The van der Waals surface area contributed by atoms with Crippen LogP contribution in [0.3, 0.4) is 0 Å². The van der Waals surface area contributed by atoms with E-state index in [-0.39, 0.29) is 29.8 Å². The molecule has 0 aliphatic heterocycles. The first-order valence-corrected chi connectivity index (χ1v) is 11.8. The standard InChI is InChI=1S/C29H29F3O2/c1-2-34-27-16-14-24(17-26(27)30)21-8-3-19(4-9-21)5-12-23-13-15-25(29(32)28(23)31)22-10-6-20(18-33)7-11-22/h3-5,8-9,12-17,20,22,33H,2,6-7,10-11,18H2,1H3/b12-5+. The molecule has 1 N–H and O–H groups in total. The lowest BCUT2D eigenvalue weighted by molar-refractivity contribution is 0.181. The molecule has 4 rings (SSSR count). The van der Waals surface area contributed by atoms with E-state index in [1.54, 1.807) is 43.3 Å². The molecule has 0 atom stereocenters. The van der Waals surface area contributed by atoms with Crippen LogP contribution in [-0.4, -0.2) is 18.3 Å². The highest BCUT2D eigenvalue weighted by Crippen LogP contribution is 2.37. The molecule has 0 spiro atoms. The van der Waals surface area contributed by atoms with Crippen LogP contribution in [0.25, 0.3) is 23.3 Å². The summed E-state index contributed by atoms with van der Waals surface area (Å²) in [7, 11) is 0. The van der Waals surface area contributed by atoms with Crippen LogP contribution < -0.4 is 4.74 Å². The van der Waals surface area contributed by atoms with Crippen LogP contribution in [0.5, 0.6) is 5.75 Å². The fourth-order valence-electron chi connectivity index (χ4n) is 4.61. The van der Waals surface area contributed by atoms with Gasteiger partial charge in [-0.3, -0.25) is 0 Å². The van der Waals surface area contributed by atoms with Crippen molar-refractivity contribution in [1.82, 2.24) is 0 Å². The molecule has 3 aromatic rings. The minimum Gasteiger partial charge on any atom is -0.491 e. The Kier molecular flexibility index (Phi) is 7.73. The Morgan fingerprint density at radius 2 is 1.56 bits per heavy atom. The second kappa shape index (κ2) is 10.9. The summed E-state index contributed by atoms with van der Waals surface area (Å²) in [5.74, 6) is -1.53. The topological polar surface area (TPSA) is 29.5 Å². The third-order valence-electron chi connectivity index (χ3n) is 6.62. The molecular weight excluding hydrogens is 437 g/mol. The van der Waals surface area contributed by atoms with Gasteiger partial charge in [0.05, 0.1) is 6.61 Å². The second-order valence-corrected chi connectivity index (χ2v) is 8.81. The average Bonchev–Trinajstić information content (AvgIpc) is 2.87. The fourth-order valence-corrected chi connectivity index (χ4v) is 4.61. The Hall–Kier alpha value is -3.05. The van der Waals surface area contributed by atoms with Gasteiger partial charge in [0.2, 0.25) is 0 Å². The zero-order chi connectivity index (χ0) is 24.1. The summed E-state index contributed by atoms with van der Waals surface area (Å²) in [5, 5.41) is 9.29. The van der Waals surface area contributed by atoms with Gasteiger partial charge in [0.25, 0.3) is 0 Å². The molecule has 5 heteroatoms. The van der Waals surface area contributed by atoms with Crippen molar-refractivity contribution in [3.63, 3.8) is 0 Å². The molecule has 1 aliphatic carbocycles. The summed E-state index contributed by atoms with van der Waals surface area (Å²) in [6, 6.07) is 15.6.